The maximum absolute atomic E-state index is 11.7. The zero-order valence-electron chi connectivity index (χ0n) is 10.9. The summed E-state index contributed by atoms with van der Waals surface area (Å²) in [6.45, 7) is 2.16. The molecule has 0 spiro atoms. The minimum Gasteiger partial charge on any atom is -0.465 e. The molecule has 3 N–H and O–H groups in total. The molecule has 0 aromatic carbocycles. The van der Waals surface area contributed by atoms with E-state index in [1.165, 1.54) is 31.5 Å². The highest BCUT2D eigenvalue weighted by Crippen LogP contribution is 2.33. The van der Waals surface area contributed by atoms with Gasteiger partial charge in [-0.3, -0.25) is 4.90 Å². The highest BCUT2D eigenvalue weighted by molar-refractivity contribution is 7.11. The van der Waals surface area contributed by atoms with E-state index in [2.05, 4.69) is 14.6 Å². The smallest absolute Gasteiger partial charge is 0.344 e. The molecule has 2 fully saturated rings. The second-order valence-electron chi connectivity index (χ2n) is 5.12. The fraction of sp³-hybridized carbons (Fsp3) is 0.667. The molecule has 0 bridgehead atoms. The number of methoxy groups -OCH3 is 1. The van der Waals surface area contributed by atoms with E-state index in [4.69, 9.17) is 10.5 Å². The summed E-state index contributed by atoms with van der Waals surface area (Å²) in [6.07, 6.45) is 3.75. The van der Waals surface area contributed by atoms with Gasteiger partial charge in [-0.05, 0) is 30.8 Å². The summed E-state index contributed by atoms with van der Waals surface area (Å²) in [4.78, 5) is 14.2. The zero-order chi connectivity index (χ0) is 13.4. The Morgan fingerprint density at radius 3 is 3.00 bits per heavy atom. The van der Waals surface area contributed by atoms with E-state index in [-0.39, 0.29) is 5.82 Å². The molecule has 1 unspecified atom stereocenters. The van der Waals surface area contributed by atoms with E-state index in [0.29, 0.717) is 11.6 Å². The molecule has 1 aromatic heterocycles. The van der Waals surface area contributed by atoms with Crippen molar-refractivity contribution in [3.63, 3.8) is 0 Å². The molecule has 3 rings (SSSR count). The number of likely N-dealkylation sites (tertiary alicyclic amines) is 1. The number of nitrogens with zero attached hydrogens (tertiary/aromatic N) is 2. The van der Waals surface area contributed by atoms with Crippen molar-refractivity contribution in [2.45, 2.75) is 31.3 Å². The van der Waals surface area contributed by atoms with Gasteiger partial charge in [0.2, 0.25) is 0 Å². The van der Waals surface area contributed by atoms with Gasteiger partial charge in [-0.15, -0.1) is 0 Å². The minimum absolute atomic E-state index is 0.247. The SMILES string of the molecule is COC(=O)c1c(N)nsc1NC1CCN(C2CC2)C1. The van der Waals surface area contributed by atoms with Crippen LogP contribution in [-0.4, -0.2) is 47.5 Å². The summed E-state index contributed by atoms with van der Waals surface area (Å²) in [5, 5.41) is 4.12. The monoisotopic (exact) mass is 282 g/mol. The van der Waals surface area contributed by atoms with E-state index >= 15 is 0 Å². The number of hydrogen-bond donors (Lipinski definition) is 2. The number of esters is 1. The molecule has 1 aliphatic carbocycles. The van der Waals surface area contributed by atoms with E-state index in [1.54, 1.807) is 0 Å². The summed E-state index contributed by atoms with van der Waals surface area (Å²) in [5.74, 6) is -0.179. The average molecular weight is 282 g/mol. The van der Waals surface area contributed by atoms with Crippen LogP contribution in [0.4, 0.5) is 10.8 Å². The van der Waals surface area contributed by atoms with Crippen molar-refractivity contribution < 1.29 is 9.53 Å². The highest BCUT2D eigenvalue weighted by Gasteiger charge is 2.35. The molecule has 1 aliphatic heterocycles. The van der Waals surface area contributed by atoms with Crippen molar-refractivity contribution >= 4 is 28.3 Å². The maximum Gasteiger partial charge on any atom is 0.344 e. The predicted octanol–water partition coefficient (Wildman–Crippen LogP) is 1.16. The number of nitrogens with two attached hydrogens (primary N) is 1. The number of nitrogens with one attached hydrogen (secondary N) is 1. The quantitative estimate of drug-likeness (QED) is 0.807. The summed E-state index contributed by atoms with van der Waals surface area (Å²) in [7, 11) is 1.35. The molecule has 1 saturated carbocycles. The van der Waals surface area contributed by atoms with Gasteiger partial charge in [0.25, 0.3) is 0 Å². The van der Waals surface area contributed by atoms with Crippen LogP contribution in [0, 0.1) is 0 Å². The molecule has 6 nitrogen and oxygen atoms in total. The van der Waals surface area contributed by atoms with Crippen molar-refractivity contribution in [1.82, 2.24) is 9.27 Å². The number of anilines is 2. The molecular formula is C12H18N4O2S. The molecule has 104 valence electrons. The molecule has 0 radical (unpaired) electrons. The Bertz CT molecular complexity index is 486. The Morgan fingerprint density at radius 1 is 1.53 bits per heavy atom. The first-order valence-electron chi connectivity index (χ1n) is 6.53. The highest BCUT2D eigenvalue weighted by atomic mass is 32.1. The fourth-order valence-electron chi connectivity index (χ4n) is 2.56. The van der Waals surface area contributed by atoms with E-state index in [0.717, 1.165) is 30.6 Å². The van der Waals surface area contributed by atoms with Crippen LogP contribution >= 0.6 is 11.5 Å². The van der Waals surface area contributed by atoms with E-state index in [9.17, 15) is 4.79 Å². The van der Waals surface area contributed by atoms with Crippen molar-refractivity contribution in [3.8, 4) is 0 Å². The normalized spacial score (nSPS) is 23.5. The lowest BCUT2D eigenvalue weighted by atomic mass is 10.2. The van der Waals surface area contributed by atoms with Gasteiger partial charge in [-0.25, -0.2) is 4.79 Å². The van der Waals surface area contributed by atoms with Gasteiger partial charge in [0.05, 0.1) is 7.11 Å². The van der Waals surface area contributed by atoms with Crippen LogP contribution in [0.1, 0.15) is 29.6 Å². The van der Waals surface area contributed by atoms with Gasteiger partial charge in [0, 0.05) is 25.2 Å². The lowest BCUT2D eigenvalue weighted by Crippen LogP contribution is -2.28. The Morgan fingerprint density at radius 2 is 2.32 bits per heavy atom. The number of hydrogen-bond acceptors (Lipinski definition) is 7. The van der Waals surface area contributed by atoms with E-state index in [1.807, 2.05) is 0 Å². The Balaban J connectivity index is 1.68. The van der Waals surface area contributed by atoms with Crippen LogP contribution in [0.5, 0.6) is 0 Å². The van der Waals surface area contributed by atoms with Gasteiger partial charge < -0.3 is 15.8 Å². The first-order chi connectivity index (χ1) is 9.19. The van der Waals surface area contributed by atoms with Crippen molar-refractivity contribution in [3.05, 3.63) is 5.56 Å². The lowest BCUT2D eigenvalue weighted by Gasteiger charge is -2.16. The second kappa shape index (κ2) is 4.97. The zero-order valence-corrected chi connectivity index (χ0v) is 11.7. The molecule has 2 aliphatic rings. The van der Waals surface area contributed by atoms with Gasteiger partial charge in [0.1, 0.15) is 10.6 Å². The van der Waals surface area contributed by atoms with Gasteiger partial charge >= 0.3 is 5.97 Å². The Hall–Kier alpha value is -1.34. The molecule has 2 heterocycles. The largest absolute Gasteiger partial charge is 0.465 e. The summed E-state index contributed by atoms with van der Waals surface area (Å²) in [6, 6.07) is 1.15. The Labute approximate surface area is 116 Å². The van der Waals surface area contributed by atoms with E-state index < -0.39 is 5.97 Å². The summed E-state index contributed by atoms with van der Waals surface area (Å²) in [5.41, 5.74) is 6.10. The molecule has 7 heteroatoms. The molecule has 0 amide bonds. The van der Waals surface area contributed by atoms with Crippen molar-refractivity contribution in [1.29, 1.82) is 0 Å². The molecular weight excluding hydrogens is 264 g/mol. The number of aromatic nitrogens is 1. The minimum atomic E-state index is -0.425. The van der Waals surface area contributed by atoms with Crippen LogP contribution in [0.25, 0.3) is 0 Å². The van der Waals surface area contributed by atoms with Crippen LogP contribution in [0.15, 0.2) is 0 Å². The van der Waals surface area contributed by atoms with Crippen LogP contribution in [0.3, 0.4) is 0 Å². The first-order valence-corrected chi connectivity index (χ1v) is 7.30. The average Bonchev–Trinajstić information content (AvgIpc) is 3.06. The molecule has 19 heavy (non-hydrogen) atoms. The number of carbonyl (C=O) groups excluding carboxylic acids is 1. The van der Waals surface area contributed by atoms with Gasteiger partial charge in [-0.1, -0.05) is 0 Å². The third-order valence-corrected chi connectivity index (χ3v) is 4.52. The van der Waals surface area contributed by atoms with Crippen molar-refractivity contribution in [2.24, 2.45) is 0 Å². The van der Waals surface area contributed by atoms with Gasteiger partial charge in [0.15, 0.2) is 5.82 Å². The molecule has 1 saturated heterocycles. The van der Waals surface area contributed by atoms with Crippen LogP contribution < -0.4 is 11.1 Å². The summed E-state index contributed by atoms with van der Waals surface area (Å²) >= 11 is 1.23. The topological polar surface area (TPSA) is 80.5 Å². The number of rotatable bonds is 4. The number of ether oxygens (including phenoxy) is 1. The Kier molecular flexibility index (Phi) is 3.32. The maximum atomic E-state index is 11.7. The first kappa shape index (κ1) is 12.7. The summed E-state index contributed by atoms with van der Waals surface area (Å²) < 4.78 is 8.78. The second-order valence-corrected chi connectivity index (χ2v) is 5.89. The van der Waals surface area contributed by atoms with Crippen LogP contribution in [-0.2, 0) is 4.74 Å². The van der Waals surface area contributed by atoms with Crippen LogP contribution in [0.2, 0.25) is 0 Å². The van der Waals surface area contributed by atoms with Gasteiger partial charge in [-0.2, -0.15) is 4.37 Å². The number of nitrogen functional groups attached to an aromatic ring is 1. The lowest BCUT2D eigenvalue weighted by molar-refractivity contribution is 0.0603. The molecule has 1 aromatic rings. The third kappa shape index (κ3) is 2.52. The number of carbonyl (C=O) groups is 1. The predicted molar refractivity (Wildman–Crippen MR) is 74.5 cm³/mol. The third-order valence-electron chi connectivity index (χ3n) is 3.73. The fourth-order valence-corrected chi connectivity index (χ4v) is 3.34. The van der Waals surface area contributed by atoms with Crippen molar-refractivity contribution in [2.75, 3.05) is 31.2 Å². The molecule has 1 atom stereocenters. The standard InChI is InChI=1S/C12H18N4O2S/c1-18-12(17)9-10(13)15-19-11(9)14-7-4-5-16(6-7)8-2-3-8/h7-8,14H,2-6H2,1H3,(H2,13,15).